The molecule has 3 heteroatoms. The molecule has 0 saturated heterocycles. The fourth-order valence-corrected chi connectivity index (χ4v) is 1.57. The first-order valence-corrected chi connectivity index (χ1v) is 4.35. The van der Waals surface area contributed by atoms with Gasteiger partial charge in [-0.05, 0) is 43.0 Å². The fraction of sp³-hybridized carbons (Fsp3) is 0.300. The van der Waals surface area contributed by atoms with Crippen LogP contribution < -0.4 is 0 Å². The van der Waals surface area contributed by atoms with Crippen LogP contribution in [-0.2, 0) is 0 Å². The standard InChI is InChI=1S/C10H11NO2/c12-11-10-5-1-3-8(10)7-9-4-2-6-13-9/h2,4,6-7,12H,1,3,5H2/b8-7+,11-10-. The highest BCUT2D eigenvalue weighted by Gasteiger charge is 2.15. The van der Waals surface area contributed by atoms with Gasteiger partial charge >= 0.3 is 0 Å². The van der Waals surface area contributed by atoms with Crippen molar-refractivity contribution in [1.29, 1.82) is 0 Å². The molecular formula is C10H11NO2. The van der Waals surface area contributed by atoms with Crippen LogP contribution >= 0.6 is 0 Å². The molecule has 13 heavy (non-hydrogen) atoms. The van der Waals surface area contributed by atoms with Crippen LogP contribution in [0.1, 0.15) is 25.0 Å². The largest absolute Gasteiger partial charge is 0.465 e. The molecule has 0 amide bonds. The summed E-state index contributed by atoms with van der Waals surface area (Å²) in [6, 6.07) is 3.73. The predicted molar refractivity (Wildman–Crippen MR) is 49.8 cm³/mol. The van der Waals surface area contributed by atoms with Crippen LogP contribution in [0.4, 0.5) is 0 Å². The number of rotatable bonds is 1. The summed E-state index contributed by atoms with van der Waals surface area (Å²) in [4.78, 5) is 0. The Morgan fingerprint density at radius 2 is 2.38 bits per heavy atom. The summed E-state index contributed by atoms with van der Waals surface area (Å²) >= 11 is 0. The molecule has 0 spiro atoms. The van der Waals surface area contributed by atoms with Gasteiger partial charge in [-0.3, -0.25) is 0 Å². The van der Waals surface area contributed by atoms with E-state index in [0.717, 1.165) is 36.3 Å². The zero-order chi connectivity index (χ0) is 9.10. The average Bonchev–Trinajstić information content (AvgIpc) is 2.76. The summed E-state index contributed by atoms with van der Waals surface area (Å²) in [6.45, 7) is 0. The van der Waals surface area contributed by atoms with E-state index in [1.54, 1.807) is 6.26 Å². The Labute approximate surface area is 76.4 Å². The summed E-state index contributed by atoms with van der Waals surface area (Å²) < 4.78 is 5.18. The van der Waals surface area contributed by atoms with E-state index in [2.05, 4.69) is 5.16 Å². The maximum Gasteiger partial charge on any atom is 0.126 e. The van der Waals surface area contributed by atoms with E-state index in [1.807, 2.05) is 18.2 Å². The van der Waals surface area contributed by atoms with Gasteiger partial charge in [-0.15, -0.1) is 0 Å². The van der Waals surface area contributed by atoms with Gasteiger partial charge in [0.05, 0.1) is 12.0 Å². The zero-order valence-electron chi connectivity index (χ0n) is 7.23. The lowest BCUT2D eigenvalue weighted by Crippen LogP contribution is -1.92. The number of oxime groups is 1. The lowest BCUT2D eigenvalue weighted by Gasteiger charge is -1.94. The maximum absolute atomic E-state index is 8.68. The number of hydrogen-bond acceptors (Lipinski definition) is 3. The van der Waals surface area contributed by atoms with Crippen molar-refractivity contribution in [2.24, 2.45) is 5.16 Å². The second-order valence-corrected chi connectivity index (χ2v) is 3.09. The van der Waals surface area contributed by atoms with Crippen LogP contribution in [0.5, 0.6) is 0 Å². The quantitative estimate of drug-likeness (QED) is 0.529. The van der Waals surface area contributed by atoms with Crippen LogP contribution in [0.15, 0.2) is 33.5 Å². The van der Waals surface area contributed by atoms with E-state index in [0.29, 0.717) is 0 Å². The molecule has 1 saturated carbocycles. The normalized spacial score (nSPS) is 23.1. The van der Waals surface area contributed by atoms with Crippen LogP contribution in [0, 0.1) is 0 Å². The Morgan fingerprint density at radius 3 is 3.08 bits per heavy atom. The van der Waals surface area contributed by atoms with Crippen molar-refractivity contribution in [3.05, 3.63) is 29.7 Å². The number of nitrogens with zero attached hydrogens (tertiary/aromatic N) is 1. The van der Waals surface area contributed by atoms with Crippen LogP contribution in [0.3, 0.4) is 0 Å². The summed E-state index contributed by atoms with van der Waals surface area (Å²) in [5, 5.41) is 11.9. The minimum Gasteiger partial charge on any atom is -0.465 e. The zero-order valence-corrected chi connectivity index (χ0v) is 7.23. The SMILES string of the molecule is O/N=C1/CCC/C1=C\c1ccco1. The minimum absolute atomic E-state index is 0.788. The van der Waals surface area contributed by atoms with Crippen molar-refractivity contribution in [3.63, 3.8) is 0 Å². The third-order valence-corrected chi connectivity index (χ3v) is 2.21. The van der Waals surface area contributed by atoms with Crippen molar-refractivity contribution >= 4 is 11.8 Å². The van der Waals surface area contributed by atoms with Crippen LogP contribution in [-0.4, -0.2) is 10.9 Å². The van der Waals surface area contributed by atoms with Gasteiger partial charge in [0, 0.05) is 0 Å². The summed E-state index contributed by atoms with van der Waals surface area (Å²) in [5.41, 5.74) is 1.87. The first kappa shape index (κ1) is 8.10. The van der Waals surface area contributed by atoms with Gasteiger partial charge in [0.2, 0.25) is 0 Å². The summed E-state index contributed by atoms with van der Waals surface area (Å²) in [6.07, 6.45) is 6.47. The van der Waals surface area contributed by atoms with Crippen molar-refractivity contribution in [2.75, 3.05) is 0 Å². The molecule has 1 fully saturated rings. The number of hydrogen-bond donors (Lipinski definition) is 1. The molecule has 1 heterocycles. The Bertz CT molecular complexity index is 336. The molecule has 2 rings (SSSR count). The molecule has 1 aliphatic rings. The molecule has 0 unspecified atom stereocenters. The van der Waals surface area contributed by atoms with Gasteiger partial charge < -0.3 is 9.62 Å². The highest BCUT2D eigenvalue weighted by molar-refractivity contribution is 6.04. The molecule has 0 atom stereocenters. The molecule has 68 valence electrons. The van der Waals surface area contributed by atoms with Gasteiger partial charge in [-0.2, -0.15) is 0 Å². The molecule has 1 aromatic rings. The Hall–Kier alpha value is -1.51. The first-order valence-electron chi connectivity index (χ1n) is 4.35. The van der Waals surface area contributed by atoms with Gasteiger partial charge in [0.1, 0.15) is 5.76 Å². The maximum atomic E-state index is 8.68. The van der Waals surface area contributed by atoms with Crippen molar-refractivity contribution in [2.45, 2.75) is 19.3 Å². The van der Waals surface area contributed by atoms with Gasteiger partial charge in [0.25, 0.3) is 0 Å². The number of furan rings is 1. The molecule has 0 aliphatic heterocycles. The van der Waals surface area contributed by atoms with Crippen LogP contribution in [0.25, 0.3) is 6.08 Å². The minimum atomic E-state index is 0.788. The van der Waals surface area contributed by atoms with E-state index in [4.69, 9.17) is 9.62 Å². The second-order valence-electron chi connectivity index (χ2n) is 3.09. The molecule has 0 bridgehead atoms. The molecule has 0 aromatic carbocycles. The highest BCUT2D eigenvalue weighted by Crippen LogP contribution is 2.24. The second kappa shape index (κ2) is 3.47. The first-order chi connectivity index (χ1) is 6.40. The molecule has 1 aromatic heterocycles. The highest BCUT2D eigenvalue weighted by atomic mass is 16.4. The molecular weight excluding hydrogens is 166 g/mol. The van der Waals surface area contributed by atoms with Gasteiger partial charge in [-0.25, -0.2) is 0 Å². The Kier molecular flexibility index (Phi) is 2.17. The van der Waals surface area contributed by atoms with E-state index >= 15 is 0 Å². The predicted octanol–water partition coefficient (Wildman–Crippen LogP) is 2.68. The summed E-state index contributed by atoms with van der Waals surface area (Å²) in [7, 11) is 0. The van der Waals surface area contributed by atoms with E-state index in [-0.39, 0.29) is 0 Å². The monoisotopic (exact) mass is 177 g/mol. The third kappa shape index (κ3) is 1.64. The molecule has 1 N–H and O–H groups in total. The third-order valence-electron chi connectivity index (χ3n) is 2.21. The lowest BCUT2D eigenvalue weighted by molar-refractivity contribution is 0.318. The smallest absolute Gasteiger partial charge is 0.126 e. The van der Waals surface area contributed by atoms with Crippen LogP contribution in [0.2, 0.25) is 0 Å². The van der Waals surface area contributed by atoms with Gasteiger partial charge in [0.15, 0.2) is 0 Å². The summed E-state index contributed by atoms with van der Waals surface area (Å²) in [5.74, 6) is 0.818. The molecule has 1 aliphatic carbocycles. The van der Waals surface area contributed by atoms with Crippen molar-refractivity contribution in [3.8, 4) is 0 Å². The number of allylic oxidation sites excluding steroid dienone is 1. The lowest BCUT2D eigenvalue weighted by atomic mass is 10.2. The Morgan fingerprint density at radius 1 is 1.46 bits per heavy atom. The topological polar surface area (TPSA) is 45.7 Å². The Balaban J connectivity index is 2.25. The van der Waals surface area contributed by atoms with Crippen molar-refractivity contribution in [1.82, 2.24) is 0 Å². The molecule has 3 nitrogen and oxygen atoms in total. The van der Waals surface area contributed by atoms with E-state index < -0.39 is 0 Å². The molecule has 0 radical (unpaired) electrons. The fourth-order valence-electron chi connectivity index (χ4n) is 1.57. The van der Waals surface area contributed by atoms with E-state index in [9.17, 15) is 0 Å². The average molecular weight is 177 g/mol. The van der Waals surface area contributed by atoms with Gasteiger partial charge in [-0.1, -0.05) is 5.16 Å². The van der Waals surface area contributed by atoms with E-state index in [1.165, 1.54) is 0 Å². The van der Waals surface area contributed by atoms with Crippen molar-refractivity contribution < 1.29 is 9.62 Å².